The topological polar surface area (TPSA) is 66.9 Å². The van der Waals surface area contributed by atoms with Crippen LogP contribution in [0.5, 0.6) is 0 Å². The average molecular weight is 183 g/mol. The molecule has 0 heterocycles. The molecule has 0 fully saturated rings. The van der Waals surface area contributed by atoms with Gasteiger partial charge in [-0.2, -0.15) is 0 Å². The minimum Gasteiger partial charge on any atom is -0.398 e. The lowest BCUT2D eigenvalue weighted by molar-refractivity contribution is 0.108. The normalized spacial score (nSPS) is 9.42. The summed E-state index contributed by atoms with van der Waals surface area (Å²) in [5, 5.41) is 6.42. The first-order valence-corrected chi connectivity index (χ1v) is 3.63. The Morgan fingerprint density at radius 2 is 2.25 bits per heavy atom. The molecule has 4 heteroatoms. The van der Waals surface area contributed by atoms with Crippen LogP contribution in [0.2, 0.25) is 0 Å². The molecule has 0 bridgehead atoms. The monoisotopic (exact) mass is 182 g/mol. The van der Waals surface area contributed by atoms with Crippen molar-refractivity contribution in [2.45, 2.75) is 0 Å². The Morgan fingerprint density at radius 3 is 2.75 bits per heavy atom. The van der Waals surface area contributed by atoms with E-state index in [1.165, 1.54) is 12.1 Å². The van der Waals surface area contributed by atoms with Crippen LogP contribution in [0.3, 0.4) is 0 Å². The summed E-state index contributed by atoms with van der Waals surface area (Å²) in [6, 6.07) is 4.56. The van der Waals surface area contributed by atoms with Gasteiger partial charge in [-0.3, -0.25) is 4.79 Å². The number of halogens is 1. The first-order valence-electron chi connectivity index (χ1n) is 3.25. The molecule has 0 amide bonds. The van der Waals surface area contributed by atoms with Crippen LogP contribution in [0.25, 0.3) is 0 Å². The number of nitrogens with one attached hydrogen (secondary N) is 1. The Balaban J connectivity index is 3.22. The summed E-state index contributed by atoms with van der Waals surface area (Å²) in [4.78, 5) is 10.7. The summed E-state index contributed by atoms with van der Waals surface area (Å²) >= 11 is 5.23. The number of carbonyl (C=O) groups is 1. The summed E-state index contributed by atoms with van der Waals surface area (Å²) in [7, 11) is 0. The number of nitrogens with two attached hydrogens (primary N) is 1. The third kappa shape index (κ3) is 1.62. The number of hydrogen-bond acceptors (Lipinski definition) is 3. The molecule has 1 rings (SSSR count). The SMILES string of the molecule is N=Cc1cc(C(=O)Cl)ccc1N. The summed E-state index contributed by atoms with van der Waals surface area (Å²) in [5.74, 6) is 0. The third-order valence-corrected chi connectivity index (χ3v) is 1.69. The average Bonchev–Trinajstić information content (AvgIpc) is 2.05. The van der Waals surface area contributed by atoms with Crippen LogP contribution in [0.4, 0.5) is 5.69 Å². The first kappa shape index (κ1) is 8.74. The van der Waals surface area contributed by atoms with E-state index in [9.17, 15) is 4.79 Å². The molecule has 0 aliphatic carbocycles. The molecule has 1 aromatic carbocycles. The molecule has 0 saturated carbocycles. The minimum atomic E-state index is -0.543. The molecular weight excluding hydrogens is 176 g/mol. The van der Waals surface area contributed by atoms with Crippen molar-refractivity contribution in [3.8, 4) is 0 Å². The van der Waals surface area contributed by atoms with Crippen LogP contribution in [0.1, 0.15) is 15.9 Å². The number of hydrogen-bond donors (Lipinski definition) is 2. The smallest absolute Gasteiger partial charge is 0.252 e. The maximum Gasteiger partial charge on any atom is 0.252 e. The quantitative estimate of drug-likeness (QED) is 0.415. The van der Waals surface area contributed by atoms with Crippen molar-refractivity contribution in [3.05, 3.63) is 29.3 Å². The van der Waals surface area contributed by atoms with Gasteiger partial charge in [0.15, 0.2) is 0 Å². The highest BCUT2D eigenvalue weighted by molar-refractivity contribution is 6.67. The molecular formula is C8H7ClN2O. The van der Waals surface area contributed by atoms with Gasteiger partial charge in [-0.05, 0) is 29.8 Å². The fourth-order valence-corrected chi connectivity index (χ4v) is 0.940. The third-order valence-electron chi connectivity index (χ3n) is 1.47. The predicted molar refractivity (Wildman–Crippen MR) is 48.9 cm³/mol. The van der Waals surface area contributed by atoms with E-state index in [1.807, 2.05) is 0 Å². The maximum absolute atomic E-state index is 10.7. The molecule has 62 valence electrons. The van der Waals surface area contributed by atoms with Crippen molar-refractivity contribution in [2.24, 2.45) is 0 Å². The van der Waals surface area contributed by atoms with Crippen LogP contribution < -0.4 is 5.73 Å². The van der Waals surface area contributed by atoms with Crippen molar-refractivity contribution in [1.29, 1.82) is 5.41 Å². The Morgan fingerprint density at radius 1 is 1.58 bits per heavy atom. The largest absolute Gasteiger partial charge is 0.398 e. The van der Waals surface area contributed by atoms with Crippen LogP contribution in [0.15, 0.2) is 18.2 Å². The predicted octanol–water partition coefficient (Wildman–Crippen LogP) is 1.65. The zero-order chi connectivity index (χ0) is 9.14. The zero-order valence-corrected chi connectivity index (χ0v) is 6.93. The highest BCUT2D eigenvalue weighted by atomic mass is 35.5. The van der Waals surface area contributed by atoms with Crippen molar-refractivity contribution in [3.63, 3.8) is 0 Å². The van der Waals surface area contributed by atoms with Gasteiger partial charge in [0.25, 0.3) is 5.24 Å². The number of benzene rings is 1. The number of rotatable bonds is 2. The van der Waals surface area contributed by atoms with Crippen molar-refractivity contribution >= 4 is 28.7 Å². The second kappa shape index (κ2) is 3.36. The minimum absolute atomic E-state index is 0.351. The van der Waals surface area contributed by atoms with E-state index in [-0.39, 0.29) is 0 Å². The second-order valence-electron chi connectivity index (χ2n) is 2.26. The summed E-state index contributed by atoms with van der Waals surface area (Å²) in [6.07, 6.45) is 1.08. The van der Waals surface area contributed by atoms with E-state index < -0.39 is 5.24 Å². The molecule has 12 heavy (non-hydrogen) atoms. The molecule has 0 spiro atoms. The molecule has 0 saturated heterocycles. The van der Waals surface area contributed by atoms with Crippen LogP contribution in [-0.2, 0) is 0 Å². The molecule has 0 radical (unpaired) electrons. The molecule has 0 unspecified atom stereocenters. The summed E-state index contributed by atoms with van der Waals surface area (Å²) in [5.41, 5.74) is 6.81. The molecule has 1 aromatic rings. The fourth-order valence-electron chi connectivity index (χ4n) is 0.822. The lowest BCUT2D eigenvalue weighted by atomic mass is 10.1. The molecule has 0 aliphatic heterocycles. The first-order chi connectivity index (χ1) is 5.65. The van der Waals surface area contributed by atoms with E-state index in [4.69, 9.17) is 22.7 Å². The van der Waals surface area contributed by atoms with Gasteiger partial charge in [0.2, 0.25) is 0 Å². The van der Waals surface area contributed by atoms with Gasteiger partial charge in [0, 0.05) is 23.0 Å². The van der Waals surface area contributed by atoms with Crippen LogP contribution in [-0.4, -0.2) is 11.5 Å². The number of anilines is 1. The Hall–Kier alpha value is -1.35. The van der Waals surface area contributed by atoms with Gasteiger partial charge in [-0.15, -0.1) is 0 Å². The zero-order valence-electron chi connectivity index (χ0n) is 6.17. The van der Waals surface area contributed by atoms with Gasteiger partial charge in [0.1, 0.15) is 0 Å². The van der Waals surface area contributed by atoms with E-state index in [0.29, 0.717) is 16.8 Å². The number of carbonyl (C=O) groups excluding carboxylic acids is 1. The van der Waals surface area contributed by atoms with Gasteiger partial charge in [0.05, 0.1) is 0 Å². The Bertz CT molecular complexity index is 336. The second-order valence-corrected chi connectivity index (χ2v) is 2.61. The van der Waals surface area contributed by atoms with E-state index in [2.05, 4.69) is 0 Å². The molecule has 0 aromatic heterocycles. The van der Waals surface area contributed by atoms with Crippen molar-refractivity contribution in [1.82, 2.24) is 0 Å². The molecule has 0 aliphatic rings. The van der Waals surface area contributed by atoms with E-state index in [1.54, 1.807) is 6.07 Å². The Kier molecular flexibility index (Phi) is 2.45. The highest BCUT2D eigenvalue weighted by Gasteiger charge is 2.03. The van der Waals surface area contributed by atoms with Gasteiger partial charge < -0.3 is 11.1 Å². The molecule has 3 N–H and O–H groups in total. The van der Waals surface area contributed by atoms with Gasteiger partial charge >= 0.3 is 0 Å². The van der Waals surface area contributed by atoms with Crippen LogP contribution in [0, 0.1) is 5.41 Å². The van der Waals surface area contributed by atoms with Crippen molar-refractivity contribution < 1.29 is 4.79 Å². The highest BCUT2D eigenvalue weighted by Crippen LogP contribution is 2.13. The molecule has 0 atom stereocenters. The summed E-state index contributed by atoms with van der Waals surface area (Å²) in [6.45, 7) is 0. The van der Waals surface area contributed by atoms with E-state index >= 15 is 0 Å². The maximum atomic E-state index is 10.7. The Labute approximate surface area is 74.7 Å². The van der Waals surface area contributed by atoms with Crippen LogP contribution >= 0.6 is 11.6 Å². The summed E-state index contributed by atoms with van der Waals surface area (Å²) < 4.78 is 0. The fraction of sp³-hybridized carbons (Fsp3) is 0. The van der Waals surface area contributed by atoms with Gasteiger partial charge in [-0.1, -0.05) is 0 Å². The standard InChI is InChI=1S/C8H7ClN2O/c9-8(12)5-1-2-7(11)6(3-5)4-10/h1-4,10H,11H2. The van der Waals surface area contributed by atoms with E-state index in [0.717, 1.165) is 6.21 Å². The lowest BCUT2D eigenvalue weighted by Crippen LogP contribution is -1.96. The molecule has 3 nitrogen and oxygen atoms in total. The van der Waals surface area contributed by atoms with Gasteiger partial charge in [-0.25, -0.2) is 0 Å². The number of nitrogen functional groups attached to an aromatic ring is 1. The van der Waals surface area contributed by atoms with Crippen molar-refractivity contribution in [2.75, 3.05) is 5.73 Å². The lowest BCUT2D eigenvalue weighted by Gasteiger charge is -1.99.